The first-order chi connectivity index (χ1) is 12.5. The zero-order valence-electron chi connectivity index (χ0n) is 14.0. The number of nitrogens with one attached hydrogen (secondary N) is 1. The van der Waals surface area contributed by atoms with Crippen LogP contribution in [0.4, 0.5) is 5.69 Å². The second-order valence-corrected chi connectivity index (χ2v) is 8.55. The Morgan fingerprint density at radius 1 is 1.19 bits per heavy atom. The number of anilines is 1. The van der Waals surface area contributed by atoms with Gasteiger partial charge in [-0.25, -0.2) is 8.42 Å². The predicted octanol–water partition coefficient (Wildman–Crippen LogP) is 3.22. The fraction of sp³-hybridized carbons (Fsp3) is 0.111. The molecule has 0 aliphatic rings. The van der Waals surface area contributed by atoms with Crippen LogP contribution in [-0.2, 0) is 16.6 Å². The van der Waals surface area contributed by atoms with Crippen molar-refractivity contribution in [2.24, 2.45) is 0 Å². The van der Waals surface area contributed by atoms with Crippen molar-refractivity contribution in [2.45, 2.75) is 11.4 Å². The fourth-order valence-electron chi connectivity index (χ4n) is 2.31. The number of pyridine rings is 1. The number of hydrogen-bond acceptors (Lipinski definition) is 5. The van der Waals surface area contributed by atoms with E-state index in [1.54, 1.807) is 18.3 Å². The summed E-state index contributed by atoms with van der Waals surface area (Å²) in [4.78, 5) is 16.6. The van der Waals surface area contributed by atoms with E-state index in [0.717, 1.165) is 16.9 Å². The van der Waals surface area contributed by atoms with Crippen molar-refractivity contribution in [3.05, 3.63) is 76.7 Å². The lowest BCUT2D eigenvalue weighted by molar-refractivity contribution is 0.103. The summed E-state index contributed by atoms with van der Waals surface area (Å²) in [5.41, 5.74) is 1.44. The maximum absolute atomic E-state index is 12.7. The fourth-order valence-corrected chi connectivity index (χ4v) is 4.62. The molecule has 26 heavy (non-hydrogen) atoms. The van der Waals surface area contributed by atoms with Gasteiger partial charge in [0.2, 0.25) is 10.0 Å². The van der Waals surface area contributed by atoms with E-state index in [-0.39, 0.29) is 17.3 Å². The molecule has 0 atom stereocenters. The first kappa shape index (κ1) is 18.2. The number of carbonyl (C=O) groups is 1. The molecule has 0 radical (unpaired) electrons. The number of thiophene rings is 1. The lowest BCUT2D eigenvalue weighted by atomic mass is 10.2. The van der Waals surface area contributed by atoms with E-state index >= 15 is 0 Å². The average Bonchev–Trinajstić information content (AvgIpc) is 3.14. The minimum Gasteiger partial charge on any atom is -0.320 e. The van der Waals surface area contributed by atoms with Gasteiger partial charge < -0.3 is 5.32 Å². The Balaban J connectivity index is 1.74. The van der Waals surface area contributed by atoms with Crippen LogP contribution in [0.25, 0.3) is 0 Å². The topological polar surface area (TPSA) is 79.4 Å². The Kier molecular flexibility index (Phi) is 5.46. The molecule has 1 N–H and O–H groups in total. The third kappa shape index (κ3) is 4.16. The predicted molar refractivity (Wildman–Crippen MR) is 102 cm³/mol. The molecule has 134 valence electrons. The van der Waals surface area contributed by atoms with Crippen LogP contribution in [-0.4, -0.2) is 30.7 Å². The zero-order chi connectivity index (χ0) is 18.6. The molecule has 0 saturated carbocycles. The molecule has 8 heteroatoms. The molecule has 0 aliphatic carbocycles. The summed E-state index contributed by atoms with van der Waals surface area (Å²) in [5, 5.41) is 4.17. The Morgan fingerprint density at radius 3 is 2.65 bits per heavy atom. The Bertz CT molecular complexity index is 987. The molecule has 0 aliphatic heterocycles. The molecule has 1 aromatic carbocycles. The van der Waals surface area contributed by atoms with E-state index in [9.17, 15) is 13.2 Å². The summed E-state index contributed by atoms with van der Waals surface area (Å²) in [6, 6.07) is 14.2. The molecule has 2 aromatic heterocycles. The quantitative estimate of drug-likeness (QED) is 0.704. The number of rotatable bonds is 6. The van der Waals surface area contributed by atoms with Crippen molar-refractivity contribution >= 4 is 33.0 Å². The van der Waals surface area contributed by atoms with E-state index in [0.29, 0.717) is 10.6 Å². The van der Waals surface area contributed by atoms with E-state index < -0.39 is 10.0 Å². The first-order valence-electron chi connectivity index (χ1n) is 7.77. The first-order valence-corrected chi connectivity index (χ1v) is 10.1. The number of carbonyl (C=O) groups excluding carboxylic acids is 1. The van der Waals surface area contributed by atoms with Gasteiger partial charge in [-0.2, -0.15) is 4.31 Å². The molecule has 0 bridgehead atoms. The highest BCUT2D eigenvalue weighted by molar-refractivity contribution is 7.89. The minimum atomic E-state index is -3.67. The summed E-state index contributed by atoms with van der Waals surface area (Å²) < 4.78 is 26.7. The molecule has 0 fully saturated rings. The van der Waals surface area contributed by atoms with Crippen molar-refractivity contribution in [1.29, 1.82) is 0 Å². The van der Waals surface area contributed by atoms with Crippen molar-refractivity contribution in [2.75, 3.05) is 12.4 Å². The SMILES string of the molecule is CN(Cc1ccccc1)S(=O)(=O)c1csc(C(=O)Nc2cccnc2)c1. The van der Waals surface area contributed by atoms with Gasteiger partial charge in [-0.15, -0.1) is 11.3 Å². The van der Waals surface area contributed by atoms with Gasteiger partial charge in [-0.05, 0) is 23.8 Å². The summed E-state index contributed by atoms with van der Waals surface area (Å²) in [6.45, 7) is 0.260. The van der Waals surface area contributed by atoms with Crippen LogP contribution in [0.1, 0.15) is 15.2 Å². The molecular formula is C18H17N3O3S2. The molecular weight excluding hydrogens is 370 g/mol. The largest absolute Gasteiger partial charge is 0.320 e. The molecule has 1 amide bonds. The second-order valence-electron chi connectivity index (χ2n) is 5.59. The molecule has 0 unspecified atom stereocenters. The Hall–Kier alpha value is -2.55. The maximum Gasteiger partial charge on any atom is 0.265 e. The highest BCUT2D eigenvalue weighted by Crippen LogP contribution is 2.24. The molecule has 3 rings (SSSR count). The molecule has 3 aromatic rings. The van der Waals surface area contributed by atoms with Gasteiger partial charge in [0, 0.05) is 25.2 Å². The van der Waals surface area contributed by atoms with Crippen LogP contribution in [0.15, 0.2) is 71.2 Å². The standard InChI is InChI=1S/C18H17N3O3S2/c1-21(12-14-6-3-2-4-7-14)26(23,24)16-10-17(25-13-16)18(22)20-15-8-5-9-19-11-15/h2-11,13H,12H2,1H3,(H,20,22). The lowest BCUT2D eigenvalue weighted by Gasteiger charge is -2.16. The van der Waals surface area contributed by atoms with Gasteiger partial charge in [0.15, 0.2) is 0 Å². The summed E-state index contributed by atoms with van der Waals surface area (Å²) in [5.74, 6) is -0.366. The number of hydrogen-bond donors (Lipinski definition) is 1. The van der Waals surface area contributed by atoms with Crippen molar-refractivity contribution < 1.29 is 13.2 Å². The van der Waals surface area contributed by atoms with E-state index in [2.05, 4.69) is 10.3 Å². The van der Waals surface area contributed by atoms with Gasteiger partial charge in [-0.3, -0.25) is 9.78 Å². The summed E-state index contributed by atoms with van der Waals surface area (Å²) >= 11 is 1.09. The van der Waals surface area contributed by atoms with Crippen LogP contribution >= 0.6 is 11.3 Å². The summed E-state index contributed by atoms with van der Waals surface area (Å²) in [7, 11) is -2.15. The Labute approximate surface area is 156 Å². The van der Waals surface area contributed by atoms with Gasteiger partial charge >= 0.3 is 0 Å². The number of amides is 1. The second kappa shape index (κ2) is 7.77. The normalized spacial score (nSPS) is 11.5. The van der Waals surface area contributed by atoms with Crippen LogP contribution in [0, 0.1) is 0 Å². The number of nitrogens with zero attached hydrogens (tertiary/aromatic N) is 2. The third-order valence-electron chi connectivity index (χ3n) is 3.67. The van der Waals surface area contributed by atoms with Gasteiger partial charge in [-0.1, -0.05) is 30.3 Å². The molecule has 0 spiro atoms. The third-order valence-corrected chi connectivity index (χ3v) is 6.53. The number of aromatic nitrogens is 1. The average molecular weight is 387 g/mol. The monoisotopic (exact) mass is 387 g/mol. The minimum absolute atomic E-state index is 0.109. The Morgan fingerprint density at radius 2 is 1.96 bits per heavy atom. The number of benzene rings is 1. The highest BCUT2D eigenvalue weighted by Gasteiger charge is 2.23. The molecule has 2 heterocycles. The van der Waals surface area contributed by atoms with E-state index in [1.807, 2.05) is 30.3 Å². The van der Waals surface area contributed by atoms with Gasteiger partial charge in [0.05, 0.1) is 21.7 Å². The van der Waals surface area contributed by atoms with Crippen LogP contribution in [0.3, 0.4) is 0 Å². The smallest absolute Gasteiger partial charge is 0.265 e. The van der Waals surface area contributed by atoms with E-state index in [1.165, 1.54) is 29.0 Å². The van der Waals surface area contributed by atoms with E-state index in [4.69, 9.17) is 0 Å². The molecule has 6 nitrogen and oxygen atoms in total. The maximum atomic E-state index is 12.7. The summed E-state index contributed by atoms with van der Waals surface area (Å²) in [6.07, 6.45) is 3.13. The van der Waals surface area contributed by atoms with Crippen LogP contribution in [0.2, 0.25) is 0 Å². The number of sulfonamides is 1. The zero-order valence-corrected chi connectivity index (χ0v) is 15.6. The lowest BCUT2D eigenvalue weighted by Crippen LogP contribution is -2.26. The van der Waals surface area contributed by atoms with Gasteiger partial charge in [0.25, 0.3) is 5.91 Å². The highest BCUT2D eigenvalue weighted by atomic mass is 32.2. The van der Waals surface area contributed by atoms with Gasteiger partial charge in [0.1, 0.15) is 0 Å². The molecule has 0 saturated heterocycles. The van der Waals surface area contributed by atoms with Crippen LogP contribution in [0.5, 0.6) is 0 Å². The van der Waals surface area contributed by atoms with Crippen LogP contribution < -0.4 is 5.32 Å². The van der Waals surface area contributed by atoms with Crippen molar-refractivity contribution in [3.8, 4) is 0 Å². The van der Waals surface area contributed by atoms with Crippen molar-refractivity contribution in [1.82, 2.24) is 9.29 Å². The van der Waals surface area contributed by atoms with Crippen molar-refractivity contribution in [3.63, 3.8) is 0 Å².